The van der Waals surface area contributed by atoms with E-state index in [1.165, 1.54) is 0 Å². The van der Waals surface area contributed by atoms with Crippen molar-refractivity contribution in [2.24, 2.45) is 5.73 Å². The minimum Gasteiger partial charge on any atom is -0.489 e. The van der Waals surface area contributed by atoms with Crippen molar-refractivity contribution in [3.05, 3.63) is 64.7 Å². The van der Waals surface area contributed by atoms with Gasteiger partial charge in [0.15, 0.2) is 0 Å². The minimum absolute atomic E-state index is 0.343. The summed E-state index contributed by atoms with van der Waals surface area (Å²) in [6.07, 6.45) is 0. The van der Waals surface area contributed by atoms with Crippen molar-refractivity contribution >= 4 is 0 Å². The number of nitriles is 1. The highest BCUT2D eigenvalue weighted by Crippen LogP contribution is 2.17. The van der Waals surface area contributed by atoms with Crippen LogP contribution in [0.2, 0.25) is 0 Å². The summed E-state index contributed by atoms with van der Waals surface area (Å²) >= 11 is 0. The molecule has 2 aromatic rings. The first-order valence-electron chi connectivity index (χ1n) is 6.64. The molecule has 0 unspecified atom stereocenters. The molecule has 0 heterocycles. The molecular weight excluding hydrogens is 260 g/mol. The van der Waals surface area contributed by atoms with E-state index < -0.39 is 0 Å². The first-order chi connectivity index (χ1) is 10.2. The molecule has 0 spiro atoms. The predicted octanol–water partition coefficient (Wildman–Crippen LogP) is 2.76. The fourth-order valence-electron chi connectivity index (χ4n) is 1.91. The normalized spacial score (nSPS) is 9.38. The van der Waals surface area contributed by atoms with Gasteiger partial charge in [0.2, 0.25) is 0 Å². The first kappa shape index (κ1) is 14.7. The maximum atomic E-state index is 8.86. The zero-order chi connectivity index (χ0) is 15.1. The molecule has 0 radical (unpaired) electrons. The monoisotopic (exact) mass is 276 g/mol. The summed E-state index contributed by atoms with van der Waals surface area (Å²) in [5.74, 6) is 6.56. The predicted molar refractivity (Wildman–Crippen MR) is 82.6 cm³/mol. The Kier molecular flexibility index (Phi) is 4.99. The van der Waals surface area contributed by atoms with E-state index in [9.17, 15) is 0 Å². The van der Waals surface area contributed by atoms with Gasteiger partial charge in [0, 0.05) is 5.56 Å². The van der Waals surface area contributed by atoms with Crippen LogP contribution in [0.4, 0.5) is 0 Å². The van der Waals surface area contributed by atoms with Crippen LogP contribution in [-0.4, -0.2) is 6.54 Å². The van der Waals surface area contributed by atoms with Crippen molar-refractivity contribution in [1.29, 1.82) is 5.26 Å². The van der Waals surface area contributed by atoms with E-state index in [1.807, 2.05) is 43.3 Å². The highest BCUT2D eigenvalue weighted by atomic mass is 16.5. The van der Waals surface area contributed by atoms with Crippen molar-refractivity contribution in [1.82, 2.24) is 0 Å². The summed E-state index contributed by atoms with van der Waals surface area (Å²) in [4.78, 5) is 0. The van der Waals surface area contributed by atoms with Gasteiger partial charge >= 0.3 is 0 Å². The number of aryl methyl sites for hydroxylation is 1. The molecule has 0 aromatic heterocycles. The first-order valence-corrected chi connectivity index (χ1v) is 6.64. The average Bonchev–Trinajstić information content (AvgIpc) is 2.52. The second kappa shape index (κ2) is 7.14. The SMILES string of the molecule is Cc1cc(C#N)ccc1COc1cccc(C#CCN)c1. The third-order valence-corrected chi connectivity index (χ3v) is 3.03. The molecule has 0 bridgehead atoms. The van der Waals surface area contributed by atoms with Crippen LogP contribution in [0, 0.1) is 30.1 Å². The Hall–Kier alpha value is -2.75. The Labute approximate surface area is 125 Å². The lowest BCUT2D eigenvalue weighted by atomic mass is 10.1. The van der Waals surface area contributed by atoms with Crippen LogP contribution in [0.1, 0.15) is 22.3 Å². The highest BCUT2D eigenvalue weighted by Gasteiger charge is 2.02. The number of nitrogens with zero attached hydrogens (tertiary/aromatic N) is 1. The van der Waals surface area contributed by atoms with Crippen molar-refractivity contribution in [3.8, 4) is 23.7 Å². The molecule has 0 fully saturated rings. The lowest BCUT2D eigenvalue weighted by molar-refractivity contribution is 0.305. The summed E-state index contributed by atoms with van der Waals surface area (Å²) in [6, 6.07) is 15.3. The quantitative estimate of drug-likeness (QED) is 0.877. The molecule has 2 rings (SSSR count). The topological polar surface area (TPSA) is 59.0 Å². The van der Waals surface area contributed by atoms with Crippen molar-refractivity contribution in [2.75, 3.05) is 6.54 Å². The van der Waals surface area contributed by atoms with E-state index in [4.69, 9.17) is 15.7 Å². The highest BCUT2D eigenvalue weighted by molar-refractivity contribution is 5.41. The van der Waals surface area contributed by atoms with Gasteiger partial charge in [0.05, 0.1) is 18.2 Å². The molecule has 2 N–H and O–H groups in total. The average molecular weight is 276 g/mol. The summed E-state index contributed by atoms with van der Waals surface area (Å²) in [5, 5.41) is 8.86. The van der Waals surface area contributed by atoms with Crippen LogP contribution in [-0.2, 0) is 6.61 Å². The molecule has 3 nitrogen and oxygen atoms in total. The van der Waals surface area contributed by atoms with Crippen molar-refractivity contribution in [2.45, 2.75) is 13.5 Å². The van der Waals surface area contributed by atoms with Crippen molar-refractivity contribution in [3.63, 3.8) is 0 Å². The van der Waals surface area contributed by atoms with Gasteiger partial charge in [-0.25, -0.2) is 0 Å². The second-order valence-corrected chi connectivity index (χ2v) is 4.58. The van der Waals surface area contributed by atoms with Crippen LogP contribution in [0.3, 0.4) is 0 Å². The fraction of sp³-hybridized carbons (Fsp3) is 0.167. The molecule has 21 heavy (non-hydrogen) atoms. The van der Waals surface area contributed by atoms with Gasteiger partial charge in [-0.1, -0.05) is 24.0 Å². The molecule has 0 atom stereocenters. The molecule has 0 saturated heterocycles. The largest absolute Gasteiger partial charge is 0.489 e. The minimum atomic E-state index is 0.343. The molecule has 0 aliphatic rings. The molecule has 0 aliphatic heterocycles. The lowest BCUT2D eigenvalue weighted by Gasteiger charge is -2.09. The number of ether oxygens (including phenoxy) is 1. The van der Waals surface area contributed by atoms with Gasteiger partial charge in [-0.2, -0.15) is 5.26 Å². The zero-order valence-corrected chi connectivity index (χ0v) is 11.9. The third kappa shape index (κ3) is 4.11. The summed E-state index contributed by atoms with van der Waals surface area (Å²) < 4.78 is 5.79. The lowest BCUT2D eigenvalue weighted by Crippen LogP contribution is -1.98. The zero-order valence-electron chi connectivity index (χ0n) is 11.9. The van der Waals surface area contributed by atoms with E-state index in [2.05, 4.69) is 17.9 Å². The molecular formula is C18H16N2O. The molecule has 0 aliphatic carbocycles. The fourth-order valence-corrected chi connectivity index (χ4v) is 1.91. The number of hydrogen-bond donors (Lipinski definition) is 1. The van der Waals surface area contributed by atoms with E-state index >= 15 is 0 Å². The molecule has 104 valence electrons. The van der Waals surface area contributed by atoms with Crippen LogP contribution < -0.4 is 10.5 Å². The van der Waals surface area contributed by atoms with Gasteiger partial charge in [-0.05, 0) is 48.4 Å². The van der Waals surface area contributed by atoms with E-state index in [1.54, 1.807) is 6.07 Å². The Morgan fingerprint density at radius 1 is 1.14 bits per heavy atom. The van der Waals surface area contributed by atoms with E-state index in [0.29, 0.717) is 18.7 Å². The smallest absolute Gasteiger partial charge is 0.121 e. The van der Waals surface area contributed by atoms with Gasteiger partial charge in [-0.3, -0.25) is 0 Å². The van der Waals surface area contributed by atoms with Crippen molar-refractivity contribution < 1.29 is 4.74 Å². The Bertz CT molecular complexity index is 733. The Balaban J connectivity index is 2.08. The van der Waals surface area contributed by atoms with Gasteiger partial charge in [0.25, 0.3) is 0 Å². The molecule has 0 saturated carbocycles. The Morgan fingerprint density at radius 2 is 2.00 bits per heavy atom. The standard InChI is InChI=1S/C18H16N2O/c1-14-10-16(12-20)7-8-17(14)13-21-18-6-2-4-15(11-18)5-3-9-19/h2,4,6-8,10-11H,9,13,19H2,1H3. The van der Waals surface area contributed by atoms with Crippen LogP contribution >= 0.6 is 0 Å². The number of hydrogen-bond acceptors (Lipinski definition) is 3. The summed E-state index contributed by atoms with van der Waals surface area (Å²) in [6.45, 7) is 2.78. The number of rotatable bonds is 3. The molecule has 0 amide bonds. The molecule has 2 aromatic carbocycles. The van der Waals surface area contributed by atoms with Crippen LogP contribution in [0.15, 0.2) is 42.5 Å². The molecule has 3 heteroatoms. The van der Waals surface area contributed by atoms with Gasteiger partial charge in [-0.15, -0.1) is 0 Å². The van der Waals surface area contributed by atoms with Gasteiger partial charge < -0.3 is 10.5 Å². The van der Waals surface area contributed by atoms with Crippen LogP contribution in [0.5, 0.6) is 5.75 Å². The summed E-state index contributed by atoms with van der Waals surface area (Å²) in [7, 11) is 0. The number of benzene rings is 2. The second-order valence-electron chi connectivity index (χ2n) is 4.58. The third-order valence-electron chi connectivity index (χ3n) is 3.03. The van der Waals surface area contributed by atoms with Crippen LogP contribution in [0.25, 0.3) is 0 Å². The summed E-state index contributed by atoms with van der Waals surface area (Å²) in [5.41, 5.74) is 9.02. The van der Waals surface area contributed by atoms with Gasteiger partial charge in [0.1, 0.15) is 12.4 Å². The Morgan fingerprint density at radius 3 is 2.71 bits per heavy atom. The van der Waals surface area contributed by atoms with E-state index in [0.717, 1.165) is 22.4 Å². The maximum absolute atomic E-state index is 8.86. The van der Waals surface area contributed by atoms with E-state index in [-0.39, 0.29) is 0 Å². The number of nitrogens with two attached hydrogens (primary N) is 1. The maximum Gasteiger partial charge on any atom is 0.121 e.